The van der Waals surface area contributed by atoms with Gasteiger partial charge in [0, 0.05) is 40.9 Å². The average molecular weight is 468 g/mol. The second-order valence-electron chi connectivity index (χ2n) is 7.97. The Kier molecular flexibility index (Phi) is 6.06. The molecule has 1 aliphatic rings. The third-order valence-corrected chi connectivity index (χ3v) is 6.35. The summed E-state index contributed by atoms with van der Waals surface area (Å²) in [5.74, 6) is -0.0595. The molecule has 4 rings (SSSR count). The van der Waals surface area contributed by atoms with Crippen LogP contribution in [0, 0.1) is 13.8 Å². The molecule has 5 nitrogen and oxygen atoms in total. The summed E-state index contributed by atoms with van der Waals surface area (Å²) >= 11 is 3.58. The summed E-state index contributed by atoms with van der Waals surface area (Å²) in [5.41, 5.74) is 4.77. The van der Waals surface area contributed by atoms with Gasteiger partial charge in [-0.25, -0.2) is 4.68 Å². The molecule has 3 aromatic rings. The van der Waals surface area contributed by atoms with E-state index in [0.29, 0.717) is 25.3 Å². The van der Waals surface area contributed by atoms with Crippen molar-refractivity contribution in [3.63, 3.8) is 0 Å². The summed E-state index contributed by atoms with van der Waals surface area (Å²) in [7, 11) is 0. The molecule has 0 unspecified atom stereocenters. The number of hydrogen-bond donors (Lipinski definition) is 1. The summed E-state index contributed by atoms with van der Waals surface area (Å²) in [6.45, 7) is 6.00. The van der Waals surface area contributed by atoms with Crippen LogP contribution in [0.5, 0.6) is 0 Å². The molecular formula is C24H26BrN3O2. The van der Waals surface area contributed by atoms with Gasteiger partial charge in [0.05, 0.1) is 11.4 Å². The van der Waals surface area contributed by atoms with Gasteiger partial charge in [-0.2, -0.15) is 5.10 Å². The second kappa shape index (κ2) is 8.74. The number of hydrogen-bond acceptors (Lipinski definition) is 3. The summed E-state index contributed by atoms with van der Waals surface area (Å²) in [5, 5.41) is 7.67. The van der Waals surface area contributed by atoms with Gasteiger partial charge in [0.15, 0.2) is 0 Å². The number of halogens is 1. The minimum absolute atomic E-state index is 0.0595. The van der Waals surface area contributed by atoms with E-state index in [9.17, 15) is 4.79 Å². The molecular weight excluding hydrogens is 442 g/mol. The number of aromatic nitrogens is 2. The van der Waals surface area contributed by atoms with E-state index < -0.39 is 0 Å². The molecule has 1 amide bonds. The zero-order chi connectivity index (χ0) is 21.1. The van der Waals surface area contributed by atoms with Gasteiger partial charge in [0.25, 0.3) is 5.91 Å². The fourth-order valence-electron chi connectivity index (χ4n) is 4.14. The molecule has 2 aromatic carbocycles. The third-order valence-electron chi connectivity index (χ3n) is 5.86. The van der Waals surface area contributed by atoms with Gasteiger partial charge >= 0.3 is 0 Å². The Morgan fingerprint density at radius 2 is 1.87 bits per heavy atom. The SMILES string of the molecule is Cc1cc(C)n(-c2ccc(C(=O)NCC3(c4cccc(Br)c4)CCOCC3)cc2)n1. The van der Waals surface area contributed by atoms with Crippen LogP contribution in [-0.4, -0.2) is 35.4 Å². The molecule has 1 aromatic heterocycles. The van der Waals surface area contributed by atoms with Gasteiger partial charge in [-0.05, 0) is 74.7 Å². The summed E-state index contributed by atoms with van der Waals surface area (Å²) < 4.78 is 8.54. The highest BCUT2D eigenvalue weighted by Crippen LogP contribution is 2.35. The van der Waals surface area contributed by atoms with Crippen LogP contribution in [0.4, 0.5) is 0 Å². The van der Waals surface area contributed by atoms with E-state index >= 15 is 0 Å². The van der Waals surface area contributed by atoms with Gasteiger partial charge in [0.2, 0.25) is 0 Å². The molecule has 0 radical (unpaired) electrons. The van der Waals surface area contributed by atoms with Gasteiger partial charge in [-0.15, -0.1) is 0 Å². The standard InChI is InChI=1S/C24H26BrN3O2/c1-17-14-18(2)28(27-17)22-8-6-19(7-9-22)23(29)26-16-24(10-12-30-13-11-24)20-4-3-5-21(25)15-20/h3-9,14-15H,10-13,16H2,1-2H3,(H,26,29). The van der Waals surface area contributed by atoms with Crippen molar-refractivity contribution in [2.45, 2.75) is 32.1 Å². The van der Waals surface area contributed by atoms with Crippen molar-refractivity contribution in [3.05, 3.63) is 81.6 Å². The maximum atomic E-state index is 12.9. The molecule has 0 atom stereocenters. The van der Waals surface area contributed by atoms with Gasteiger partial charge in [-0.1, -0.05) is 28.1 Å². The first-order chi connectivity index (χ1) is 14.5. The van der Waals surface area contributed by atoms with E-state index in [-0.39, 0.29) is 11.3 Å². The van der Waals surface area contributed by atoms with Crippen molar-refractivity contribution in [1.29, 1.82) is 0 Å². The number of aryl methyl sites for hydroxylation is 2. The summed E-state index contributed by atoms with van der Waals surface area (Å²) in [4.78, 5) is 12.9. The van der Waals surface area contributed by atoms with E-state index in [0.717, 1.165) is 34.4 Å². The smallest absolute Gasteiger partial charge is 0.251 e. The van der Waals surface area contributed by atoms with E-state index in [1.165, 1.54) is 5.56 Å². The van der Waals surface area contributed by atoms with E-state index in [2.05, 4.69) is 44.5 Å². The Morgan fingerprint density at radius 3 is 2.50 bits per heavy atom. The number of rotatable bonds is 5. The first-order valence-corrected chi connectivity index (χ1v) is 11.0. The third kappa shape index (κ3) is 4.35. The summed E-state index contributed by atoms with van der Waals surface area (Å²) in [6, 6.07) is 18.0. The quantitative estimate of drug-likeness (QED) is 0.589. The molecule has 156 valence electrons. The predicted octanol–water partition coefficient (Wildman–Crippen LogP) is 4.73. The van der Waals surface area contributed by atoms with Crippen molar-refractivity contribution < 1.29 is 9.53 Å². The molecule has 2 heterocycles. The Bertz CT molecular complexity index is 1040. The Morgan fingerprint density at radius 1 is 1.13 bits per heavy atom. The average Bonchev–Trinajstić information content (AvgIpc) is 3.10. The first kappa shape index (κ1) is 20.8. The topological polar surface area (TPSA) is 56.2 Å². The van der Waals surface area contributed by atoms with Crippen LogP contribution in [0.2, 0.25) is 0 Å². The number of amides is 1. The van der Waals surface area contributed by atoms with Crippen molar-refractivity contribution in [3.8, 4) is 5.69 Å². The van der Waals surface area contributed by atoms with Gasteiger partial charge < -0.3 is 10.1 Å². The van der Waals surface area contributed by atoms with E-state index in [1.807, 2.05) is 54.9 Å². The number of carbonyl (C=O) groups is 1. The highest BCUT2D eigenvalue weighted by Gasteiger charge is 2.35. The fourth-order valence-corrected chi connectivity index (χ4v) is 4.54. The number of ether oxygens (including phenoxy) is 1. The molecule has 0 spiro atoms. The van der Waals surface area contributed by atoms with Crippen LogP contribution in [-0.2, 0) is 10.2 Å². The number of benzene rings is 2. The molecule has 1 saturated heterocycles. The normalized spacial score (nSPS) is 15.7. The van der Waals surface area contributed by atoms with Crippen molar-refractivity contribution in [2.75, 3.05) is 19.8 Å². The maximum Gasteiger partial charge on any atom is 0.251 e. The van der Waals surface area contributed by atoms with E-state index in [4.69, 9.17) is 4.74 Å². The van der Waals surface area contributed by atoms with Crippen LogP contribution >= 0.6 is 15.9 Å². The second-order valence-corrected chi connectivity index (χ2v) is 8.89. The molecule has 0 aliphatic carbocycles. The van der Waals surface area contributed by atoms with Crippen molar-refractivity contribution in [2.24, 2.45) is 0 Å². The van der Waals surface area contributed by atoms with Crippen LogP contribution in [0.15, 0.2) is 59.1 Å². The predicted molar refractivity (Wildman–Crippen MR) is 121 cm³/mol. The Hall–Kier alpha value is -2.44. The van der Waals surface area contributed by atoms with Gasteiger partial charge in [-0.3, -0.25) is 4.79 Å². The van der Waals surface area contributed by atoms with Gasteiger partial charge in [0.1, 0.15) is 0 Å². The van der Waals surface area contributed by atoms with Crippen molar-refractivity contribution >= 4 is 21.8 Å². The largest absolute Gasteiger partial charge is 0.381 e. The zero-order valence-corrected chi connectivity index (χ0v) is 18.9. The summed E-state index contributed by atoms with van der Waals surface area (Å²) in [6.07, 6.45) is 1.78. The molecule has 6 heteroatoms. The fraction of sp³-hybridized carbons (Fsp3) is 0.333. The zero-order valence-electron chi connectivity index (χ0n) is 17.3. The lowest BCUT2D eigenvalue weighted by atomic mass is 9.74. The molecule has 1 N–H and O–H groups in total. The molecule has 1 aliphatic heterocycles. The first-order valence-electron chi connectivity index (χ1n) is 10.2. The number of carbonyl (C=O) groups excluding carboxylic acids is 1. The Balaban J connectivity index is 1.49. The minimum Gasteiger partial charge on any atom is -0.381 e. The Labute approximate surface area is 185 Å². The van der Waals surface area contributed by atoms with Crippen molar-refractivity contribution in [1.82, 2.24) is 15.1 Å². The molecule has 0 saturated carbocycles. The maximum absolute atomic E-state index is 12.9. The van der Waals surface area contributed by atoms with Crippen LogP contribution in [0.25, 0.3) is 5.69 Å². The van der Waals surface area contributed by atoms with Crippen LogP contribution in [0.1, 0.15) is 40.2 Å². The van der Waals surface area contributed by atoms with E-state index in [1.54, 1.807) is 0 Å². The van der Waals surface area contributed by atoms with Crippen LogP contribution < -0.4 is 5.32 Å². The van der Waals surface area contributed by atoms with Crippen LogP contribution in [0.3, 0.4) is 0 Å². The lowest BCUT2D eigenvalue weighted by Crippen LogP contribution is -2.44. The highest BCUT2D eigenvalue weighted by molar-refractivity contribution is 9.10. The monoisotopic (exact) mass is 467 g/mol. The number of nitrogens with one attached hydrogen (secondary N) is 1. The highest BCUT2D eigenvalue weighted by atomic mass is 79.9. The molecule has 1 fully saturated rings. The number of nitrogens with zero attached hydrogens (tertiary/aromatic N) is 2. The lowest BCUT2D eigenvalue weighted by Gasteiger charge is -2.38. The molecule has 0 bridgehead atoms. The minimum atomic E-state index is -0.110. The molecule has 30 heavy (non-hydrogen) atoms. The lowest BCUT2D eigenvalue weighted by molar-refractivity contribution is 0.0487.